The first kappa shape index (κ1) is 26.4. The van der Waals surface area contributed by atoms with Gasteiger partial charge in [-0.2, -0.15) is 5.10 Å². The van der Waals surface area contributed by atoms with Crippen LogP contribution in [0, 0.1) is 27.8 Å². The van der Waals surface area contributed by atoms with E-state index in [0.29, 0.717) is 11.3 Å². The number of nitro groups is 1. The maximum atomic E-state index is 14.3. The molecule has 0 aromatic heterocycles. The highest BCUT2D eigenvalue weighted by Crippen LogP contribution is 2.63. The van der Waals surface area contributed by atoms with E-state index in [0.717, 1.165) is 27.2 Å². The molecule has 3 amide bonds. The van der Waals surface area contributed by atoms with Crippen LogP contribution in [0.4, 0.5) is 15.8 Å². The van der Waals surface area contributed by atoms with Crippen LogP contribution in [-0.2, 0) is 26.2 Å². The quantitative estimate of drug-likeness (QED) is 0.156. The molecule has 10 heteroatoms. The van der Waals surface area contributed by atoms with Crippen LogP contribution in [0.15, 0.2) is 102 Å². The van der Waals surface area contributed by atoms with Crippen LogP contribution in [0.3, 0.4) is 0 Å². The fourth-order valence-corrected chi connectivity index (χ4v) is 7.06. The van der Waals surface area contributed by atoms with Gasteiger partial charge in [0.1, 0.15) is 5.82 Å². The normalized spacial score (nSPS) is 23.2. The van der Waals surface area contributed by atoms with Crippen molar-refractivity contribution < 1.29 is 23.7 Å². The number of nitrogens with zero attached hydrogens (tertiary/aromatic N) is 3. The predicted octanol–water partition coefficient (Wildman–Crippen LogP) is 4.63. The number of hydrazone groups is 1. The molecule has 1 N–H and O–H groups in total. The van der Waals surface area contributed by atoms with Gasteiger partial charge in [-0.3, -0.25) is 24.5 Å². The zero-order valence-corrected chi connectivity index (χ0v) is 22.5. The first-order valence-corrected chi connectivity index (χ1v) is 13.7. The molecule has 4 aromatic rings. The number of nitro benzene ring substituents is 1. The van der Waals surface area contributed by atoms with Crippen molar-refractivity contribution in [2.24, 2.45) is 16.9 Å². The fraction of sp³-hybridized carbons (Fsp3) is 0.152. The zero-order chi connectivity index (χ0) is 29.9. The average molecular weight is 575 g/mol. The summed E-state index contributed by atoms with van der Waals surface area (Å²) in [5.74, 6) is -3.67. The van der Waals surface area contributed by atoms with Crippen LogP contribution < -0.4 is 10.3 Å². The number of rotatable bonds is 6. The number of hydrogen-bond donors (Lipinski definition) is 1. The number of halogens is 1. The second kappa shape index (κ2) is 9.80. The summed E-state index contributed by atoms with van der Waals surface area (Å²) in [7, 11) is 0. The van der Waals surface area contributed by atoms with Gasteiger partial charge < -0.3 is 0 Å². The van der Waals surface area contributed by atoms with E-state index in [-0.39, 0.29) is 23.9 Å². The van der Waals surface area contributed by atoms with Gasteiger partial charge in [-0.1, -0.05) is 60.7 Å². The zero-order valence-electron chi connectivity index (χ0n) is 22.5. The molecule has 1 saturated heterocycles. The number of carbonyl (C=O) groups excluding carboxylic acids is 3. The molecule has 4 aliphatic rings. The Labute approximate surface area is 244 Å². The van der Waals surface area contributed by atoms with Crippen LogP contribution in [0.5, 0.6) is 0 Å². The third-order valence-electron chi connectivity index (χ3n) is 8.74. The number of imide groups is 1. The number of non-ortho nitro benzene ring substituents is 1. The van der Waals surface area contributed by atoms with E-state index in [1.807, 2.05) is 48.5 Å². The summed E-state index contributed by atoms with van der Waals surface area (Å²) in [6.45, 7) is 0. The van der Waals surface area contributed by atoms with Gasteiger partial charge in [0.05, 0.1) is 34.3 Å². The van der Waals surface area contributed by atoms with Crippen molar-refractivity contribution in [1.29, 1.82) is 0 Å². The van der Waals surface area contributed by atoms with Crippen LogP contribution in [-0.4, -0.2) is 28.9 Å². The molecule has 0 spiro atoms. The molecule has 0 unspecified atom stereocenters. The Morgan fingerprint density at radius 1 is 0.907 bits per heavy atom. The van der Waals surface area contributed by atoms with Gasteiger partial charge in [0.25, 0.3) is 5.69 Å². The molecule has 2 bridgehead atoms. The van der Waals surface area contributed by atoms with Crippen molar-refractivity contribution >= 4 is 35.3 Å². The largest absolute Gasteiger partial charge is 0.274 e. The number of amides is 3. The second-order valence-corrected chi connectivity index (χ2v) is 10.9. The first-order chi connectivity index (χ1) is 20.8. The Balaban J connectivity index is 1.30. The van der Waals surface area contributed by atoms with Crippen molar-refractivity contribution in [3.63, 3.8) is 0 Å². The van der Waals surface area contributed by atoms with Crippen molar-refractivity contribution in [3.05, 3.63) is 141 Å². The number of anilines is 1. The van der Waals surface area contributed by atoms with E-state index >= 15 is 0 Å². The predicted molar refractivity (Wildman–Crippen MR) is 155 cm³/mol. The molecular formula is C33H23FN4O5. The molecule has 1 heterocycles. The summed E-state index contributed by atoms with van der Waals surface area (Å²) < 4.78 is 13.7. The summed E-state index contributed by atoms with van der Waals surface area (Å²) in [5, 5.41) is 15.3. The van der Waals surface area contributed by atoms with Crippen molar-refractivity contribution in [2.45, 2.75) is 17.8 Å². The van der Waals surface area contributed by atoms with Crippen molar-refractivity contribution in [3.8, 4) is 0 Å². The Bertz CT molecular complexity index is 1810. The second-order valence-electron chi connectivity index (χ2n) is 10.9. The molecule has 212 valence electrons. The lowest BCUT2D eigenvalue weighted by Crippen LogP contribution is -2.54. The Hall–Kier alpha value is -5.51. The van der Waals surface area contributed by atoms with E-state index < -0.39 is 39.8 Å². The van der Waals surface area contributed by atoms with Gasteiger partial charge in [-0.25, -0.2) is 14.7 Å². The lowest BCUT2D eigenvalue weighted by molar-refractivity contribution is -0.384. The third-order valence-corrected chi connectivity index (χ3v) is 8.74. The minimum Gasteiger partial charge on any atom is -0.274 e. The molecule has 1 aliphatic heterocycles. The number of hydrogen-bond acceptors (Lipinski definition) is 6. The summed E-state index contributed by atoms with van der Waals surface area (Å²) >= 11 is 0. The standard InChI is InChI=1S/C33H23FN4O5/c34-20-11-15-21(16-12-20)37-31(40)29-28-23-5-1-3-7-25(23)33(30(29)32(37)41,26-8-4-2-6-24(26)28)18-35-36-27(39)17-19-9-13-22(14-10-19)38(42)43/h1-16,18,28-30H,17H2,(H,36,39)/b35-18-/t28?,29-,30+,33?/m1/s1. The molecule has 0 saturated carbocycles. The van der Waals surface area contributed by atoms with Gasteiger partial charge in [0, 0.05) is 24.3 Å². The Morgan fingerprint density at radius 3 is 2.12 bits per heavy atom. The lowest BCUT2D eigenvalue weighted by atomic mass is 9.47. The van der Waals surface area contributed by atoms with Crippen molar-refractivity contribution in [1.82, 2.24) is 5.43 Å². The van der Waals surface area contributed by atoms with Crippen molar-refractivity contribution in [2.75, 3.05) is 4.90 Å². The minimum absolute atomic E-state index is 0.0700. The van der Waals surface area contributed by atoms with E-state index in [4.69, 9.17) is 0 Å². The summed E-state index contributed by atoms with van der Waals surface area (Å²) in [5.41, 5.74) is 5.64. The molecule has 3 aliphatic carbocycles. The maximum absolute atomic E-state index is 14.3. The highest BCUT2D eigenvalue weighted by Gasteiger charge is 2.68. The molecule has 2 atom stereocenters. The van der Waals surface area contributed by atoms with E-state index in [2.05, 4.69) is 10.5 Å². The highest BCUT2D eigenvalue weighted by atomic mass is 19.1. The van der Waals surface area contributed by atoms with Gasteiger partial charge in [-0.05, 0) is 52.1 Å². The lowest BCUT2D eigenvalue weighted by Gasteiger charge is -2.52. The monoisotopic (exact) mass is 574 g/mol. The molecular weight excluding hydrogens is 551 g/mol. The van der Waals surface area contributed by atoms with Gasteiger partial charge in [0.15, 0.2) is 0 Å². The number of carbonyl (C=O) groups is 3. The molecule has 1 fully saturated rings. The van der Waals surface area contributed by atoms with E-state index in [9.17, 15) is 28.9 Å². The molecule has 0 radical (unpaired) electrons. The van der Waals surface area contributed by atoms with Crippen LogP contribution in [0.1, 0.15) is 33.7 Å². The highest BCUT2D eigenvalue weighted by molar-refractivity contribution is 6.25. The topological polar surface area (TPSA) is 122 Å². The van der Waals surface area contributed by atoms with Crippen LogP contribution in [0.2, 0.25) is 0 Å². The molecule has 8 rings (SSSR count). The SMILES string of the molecule is O=C(Cc1ccc([N+](=O)[O-])cc1)N/N=C\C12c3ccccc3C(c3ccccc31)[C@H]1C(=O)N(c3ccc(F)cc3)C(=O)[C@H]12. The number of benzene rings is 4. The van der Waals surface area contributed by atoms with Gasteiger partial charge >= 0.3 is 0 Å². The first-order valence-electron chi connectivity index (χ1n) is 13.7. The van der Waals surface area contributed by atoms with Gasteiger partial charge in [-0.15, -0.1) is 0 Å². The third kappa shape index (κ3) is 3.90. The summed E-state index contributed by atoms with van der Waals surface area (Å²) in [4.78, 5) is 52.8. The Kier molecular flexibility index (Phi) is 6.01. The minimum atomic E-state index is -1.17. The summed E-state index contributed by atoms with van der Waals surface area (Å²) in [6.07, 6.45) is 1.49. The maximum Gasteiger partial charge on any atom is 0.269 e. The molecule has 43 heavy (non-hydrogen) atoms. The summed E-state index contributed by atoms with van der Waals surface area (Å²) in [6, 6.07) is 26.3. The molecule has 4 aromatic carbocycles. The van der Waals surface area contributed by atoms with E-state index in [1.54, 1.807) is 6.21 Å². The number of nitrogens with one attached hydrogen (secondary N) is 1. The molecule has 9 nitrogen and oxygen atoms in total. The Morgan fingerprint density at radius 2 is 1.51 bits per heavy atom. The van der Waals surface area contributed by atoms with Crippen LogP contribution in [0.25, 0.3) is 0 Å². The van der Waals surface area contributed by atoms with Crippen LogP contribution >= 0.6 is 0 Å². The fourth-order valence-electron chi connectivity index (χ4n) is 7.06. The average Bonchev–Trinajstić information content (AvgIpc) is 3.28. The smallest absolute Gasteiger partial charge is 0.269 e. The van der Waals surface area contributed by atoms with Gasteiger partial charge in [0.2, 0.25) is 17.7 Å². The van der Waals surface area contributed by atoms with E-state index in [1.165, 1.54) is 48.5 Å².